The van der Waals surface area contributed by atoms with Crippen molar-refractivity contribution in [1.29, 1.82) is 0 Å². The zero-order chi connectivity index (χ0) is 9.23. The summed E-state index contributed by atoms with van der Waals surface area (Å²) in [6.45, 7) is 0. The van der Waals surface area contributed by atoms with E-state index in [0.29, 0.717) is 0 Å². The number of hydrogen-bond acceptors (Lipinski definition) is 1. The van der Waals surface area contributed by atoms with Crippen LogP contribution in [0, 0.1) is 0 Å². The van der Waals surface area contributed by atoms with Crippen LogP contribution in [0.3, 0.4) is 0 Å². The molecule has 11 heavy (non-hydrogen) atoms. The number of hydrogen-bond donors (Lipinski definition) is 1. The minimum atomic E-state index is -5.14. The number of rotatable bonds is 2. The van der Waals surface area contributed by atoms with Gasteiger partial charge in [-0.1, -0.05) is 0 Å². The van der Waals surface area contributed by atoms with E-state index in [4.69, 9.17) is 5.11 Å². The number of alkyl halides is 2. The molecule has 0 spiro atoms. The van der Waals surface area contributed by atoms with Crippen molar-refractivity contribution in [3.63, 3.8) is 0 Å². The zero-order valence-corrected chi connectivity index (χ0v) is 4.75. The Bertz CT molecular complexity index is 205. The van der Waals surface area contributed by atoms with E-state index < -0.39 is 23.8 Å². The molecule has 0 aromatic rings. The number of carbonyl (C=O) groups is 1. The van der Waals surface area contributed by atoms with E-state index >= 15 is 0 Å². The van der Waals surface area contributed by atoms with Crippen LogP contribution in [0.2, 0.25) is 0 Å². The number of carboxylic acids is 1. The van der Waals surface area contributed by atoms with Crippen LogP contribution in [0.1, 0.15) is 0 Å². The van der Waals surface area contributed by atoms with Crippen molar-refractivity contribution in [2.24, 2.45) is 0 Å². The summed E-state index contributed by atoms with van der Waals surface area (Å²) >= 11 is 0. The lowest BCUT2D eigenvalue weighted by Crippen LogP contribution is -2.29. The molecule has 0 aliphatic carbocycles. The fourth-order valence-corrected chi connectivity index (χ4v) is 0.213. The molecule has 0 aliphatic rings. The highest BCUT2D eigenvalue weighted by atomic mass is 19.3. The van der Waals surface area contributed by atoms with Crippen molar-refractivity contribution in [1.82, 2.24) is 0 Å². The maximum Gasteiger partial charge on any atom is 0.398 e. The van der Waals surface area contributed by atoms with E-state index in [-0.39, 0.29) is 0 Å². The van der Waals surface area contributed by atoms with E-state index in [1.54, 1.807) is 0 Å². The van der Waals surface area contributed by atoms with Gasteiger partial charge in [-0.25, -0.2) is 4.79 Å². The zero-order valence-electron chi connectivity index (χ0n) is 4.75. The fourth-order valence-electron chi connectivity index (χ4n) is 0.213. The van der Waals surface area contributed by atoms with Gasteiger partial charge < -0.3 is 5.11 Å². The van der Waals surface area contributed by atoms with Gasteiger partial charge in [0.2, 0.25) is 5.83 Å². The fraction of sp³-hybridized carbons (Fsp3) is 0.250. The molecule has 0 heterocycles. The number of halogens is 5. The first kappa shape index (κ1) is 9.86. The molecule has 0 radical (unpaired) electrons. The average Bonchev–Trinajstić information content (AvgIpc) is 1.85. The third kappa shape index (κ3) is 1.89. The normalized spacial score (nSPS) is 11.0. The molecule has 0 aliphatic heterocycles. The first-order chi connectivity index (χ1) is 4.80. The molecule has 0 aromatic heterocycles. The van der Waals surface area contributed by atoms with Crippen LogP contribution in [-0.4, -0.2) is 17.0 Å². The molecule has 1 N–H and O–H groups in total. The minimum Gasteiger partial charge on any atom is -0.476 e. The van der Waals surface area contributed by atoms with Gasteiger partial charge in [0.1, 0.15) is 0 Å². The molecule has 64 valence electrons. The third-order valence-electron chi connectivity index (χ3n) is 0.710. The van der Waals surface area contributed by atoms with Gasteiger partial charge in [0.05, 0.1) is 0 Å². The van der Waals surface area contributed by atoms with Crippen LogP contribution in [0.25, 0.3) is 0 Å². The van der Waals surface area contributed by atoms with Gasteiger partial charge in [-0.2, -0.15) is 22.0 Å². The maximum absolute atomic E-state index is 11.7. The Morgan fingerprint density at radius 1 is 1.18 bits per heavy atom. The monoisotopic (exact) mass is 176 g/mol. The second-order valence-electron chi connectivity index (χ2n) is 1.45. The molecule has 0 saturated carbocycles. The van der Waals surface area contributed by atoms with E-state index in [1.165, 1.54) is 0 Å². The first-order valence-electron chi connectivity index (χ1n) is 2.12. The maximum atomic E-state index is 11.7. The molecule has 2 nitrogen and oxygen atoms in total. The van der Waals surface area contributed by atoms with Gasteiger partial charge >= 0.3 is 18.0 Å². The van der Waals surface area contributed by atoms with Crippen LogP contribution in [0.4, 0.5) is 22.0 Å². The molecule has 0 saturated heterocycles. The molecular weight excluding hydrogens is 175 g/mol. The minimum absolute atomic E-state index is 2.96. The molecule has 0 aromatic carbocycles. The highest BCUT2D eigenvalue weighted by Gasteiger charge is 2.47. The lowest BCUT2D eigenvalue weighted by molar-refractivity contribution is -0.162. The van der Waals surface area contributed by atoms with Gasteiger partial charge in [-0.3, -0.25) is 0 Å². The van der Waals surface area contributed by atoms with Gasteiger partial charge in [0, 0.05) is 0 Å². The molecular formula is C4HF5O2. The van der Waals surface area contributed by atoms with Crippen molar-refractivity contribution in [2.45, 2.75) is 5.92 Å². The molecule has 0 rings (SSSR count). The third-order valence-corrected chi connectivity index (χ3v) is 0.710. The SMILES string of the molecule is O=C(O)C(F)(F)C(F)=C(F)F. The Labute approximate surface area is 56.9 Å². The van der Waals surface area contributed by atoms with Crippen LogP contribution in [0.5, 0.6) is 0 Å². The Morgan fingerprint density at radius 3 is 1.64 bits per heavy atom. The summed E-state index contributed by atoms with van der Waals surface area (Å²) in [5.41, 5.74) is 0. The standard InChI is InChI=1S/C4HF5O2/c5-1(2(6)7)4(8,9)3(10)11/h(H,10,11). The second kappa shape index (κ2) is 2.85. The Morgan fingerprint density at radius 2 is 1.55 bits per heavy atom. The number of aliphatic carboxylic acids is 1. The summed E-state index contributed by atoms with van der Waals surface area (Å²) < 4.78 is 57.0. The molecule has 0 bridgehead atoms. The van der Waals surface area contributed by atoms with Crippen LogP contribution in [0.15, 0.2) is 11.9 Å². The predicted molar refractivity (Wildman–Crippen MR) is 22.9 cm³/mol. The van der Waals surface area contributed by atoms with Crippen molar-refractivity contribution in [2.75, 3.05) is 0 Å². The predicted octanol–water partition coefficient (Wildman–Crippen LogP) is 1.78. The number of carboxylic acid groups (broad SMARTS) is 1. The lowest BCUT2D eigenvalue weighted by atomic mass is 10.3. The molecule has 7 heteroatoms. The summed E-state index contributed by atoms with van der Waals surface area (Å²) in [5.74, 6) is -11.3. The Balaban J connectivity index is 4.86. The van der Waals surface area contributed by atoms with Gasteiger partial charge in [-0.05, 0) is 0 Å². The van der Waals surface area contributed by atoms with Crippen molar-refractivity contribution in [3.05, 3.63) is 11.9 Å². The first-order valence-corrected chi connectivity index (χ1v) is 2.12. The summed E-state index contributed by atoms with van der Waals surface area (Å²) in [6, 6.07) is 0. The van der Waals surface area contributed by atoms with Gasteiger partial charge in [0.25, 0.3) is 0 Å². The Kier molecular flexibility index (Phi) is 2.55. The summed E-state index contributed by atoms with van der Waals surface area (Å²) in [7, 11) is 0. The average molecular weight is 176 g/mol. The van der Waals surface area contributed by atoms with E-state index in [2.05, 4.69) is 0 Å². The van der Waals surface area contributed by atoms with Crippen LogP contribution < -0.4 is 0 Å². The van der Waals surface area contributed by atoms with Gasteiger partial charge in [-0.15, -0.1) is 0 Å². The molecule has 0 amide bonds. The van der Waals surface area contributed by atoms with E-state index in [1.807, 2.05) is 0 Å². The Hall–Kier alpha value is -1.14. The van der Waals surface area contributed by atoms with Crippen molar-refractivity contribution >= 4 is 5.97 Å². The highest BCUT2D eigenvalue weighted by Crippen LogP contribution is 2.29. The molecule has 0 atom stereocenters. The van der Waals surface area contributed by atoms with Crippen LogP contribution in [-0.2, 0) is 4.79 Å². The summed E-state index contributed by atoms with van der Waals surface area (Å²) in [4.78, 5) is 9.41. The highest BCUT2D eigenvalue weighted by molar-refractivity contribution is 5.78. The van der Waals surface area contributed by atoms with E-state index in [0.717, 1.165) is 0 Å². The topological polar surface area (TPSA) is 37.3 Å². The second-order valence-corrected chi connectivity index (χ2v) is 1.45. The van der Waals surface area contributed by atoms with E-state index in [9.17, 15) is 26.7 Å². The summed E-state index contributed by atoms with van der Waals surface area (Å²) in [5, 5.41) is 7.50. The lowest BCUT2D eigenvalue weighted by Gasteiger charge is -2.05. The van der Waals surface area contributed by atoms with Gasteiger partial charge in [0.15, 0.2) is 0 Å². The summed E-state index contributed by atoms with van der Waals surface area (Å²) in [6.07, 6.45) is -3.34. The largest absolute Gasteiger partial charge is 0.476 e. The molecule has 0 fully saturated rings. The van der Waals surface area contributed by atoms with Crippen molar-refractivity contribution < 1.29 is 31.9 Å². The van der Waals surface area contributed by atoms with Crippen molar-refractivity contribution in [3.8, 4) is 0 Å². The van der Waals surface area contributed by atoms with Crippen LogP contribution >= 0.6 is 0 Å². The smallest absolute Gasteiger partial charge is 0.398 e. The molecule has 0 unspecified atom stereocenters. The quantitative estimate of drug-likeness (QED) is 0.651.